The molecule has 12 nitrogen and oxygen atoms in total. The van der Waals surface area contributed by atoms with Crippen molar-refractivity contribution in [3.63, 3.8) is 0 Å². The summed E-state index contributed by atoms with van der Waals surface area (Å²) in [5.41, 5.74) is 21.3. The van der Waals surface area contributed by atoms with Gasteiger partial charge in [0, 0.05) is 40.3 Å². The zero-order valence-electron chi connectivity index (χ0n) is 32.7. The molecule has 2 atom stereocenters. The lowest BCUT2D eigenvalue weighted by Crippen LogP contribution is -2.07. The minimum absolute atomic E-state index is 0.0262. The van der Waals surface area contributed by atoms with E-state index in [9.17, 15) is 9.11 Å². The van der Waals surface area contributed by atoms with Gasteiger partial charge in [-0.15, -0.1) is 22.7 Å². The van der Waals surface area contributed by atoms with E-state index < -0.39 is 22.4 Å². The molecule has 19 heteroatoms. The van der Waals surface area contributed by atoms with Crippen LogP contribution in [0.2, 0.25) is 5.28 Å². The summed E-state index contributed by atoms with van der Waals surface area (Å²) in [6.07, 6.45) is 7.45. The Labute approximate surface area is 374 Å². The van der Waals surface area contributed by atoms with Gasteiger partial charge in [-0.2, -0.15) is 0 Å². The maximum absolute atomic E-state index is 13.9. The molecule has 0 saturated heterocycles. The predicted molar refractivity (Wildman–Crippen MR) is 250 cm³/mol. The van der Waals surface area contributed by atoms with Crippen molar-refractivity contribution in [1.82, 2.24) is 29.5 Å². The highest BCUT2D eigenvalue weighted by atomic mass is 35.5. The summed E-state index contributed by atoms with van der Waals surface area (Å²) in [7, 11) is 1.84. The number of anilines is 2. The molecule has 7 aromatic heterocycles. The van der Waals surface area contributed by atoms with Crippen LogP contribution in [-0.4, -0.2) is 68.4 Å². The number of rotatable bonds is 18. The van der Waals surface area contributed by atoms with Gasteiger partial charge in [0.25, 0.3) is 0 Å². The van der Waals surface area contributed by atoms with Crippen LogP contribution in [0.15, 0.2) is 68.0 Å². The molecule has 8 rings (SSSR count). The minimum atomic E-state index is -1.34. The zero-order chi connectivity index (χ0) is 41.9. The van der Waals surface area contributed by atoms with Gasteiger partial charge < -0.3 is 35.0 Å². The van der Waals surface area contributed by atoms with Crippen LogP contribution in [0.5, 0.6) is 0 Å². The van der Waals surface area contributed by atoms with Gasteiger partial charge in [-0.05, 0) is 88.5 Å². The number of benzene rings is 1. The molecular weight excluding hydrogens is 896 g/mol. The zero-order valence-corrected chi connectivity index (χ0v) is 38.3. The van der Waals surface area contributed by atoms with Gasteiger partial charge in [-0.25, -0.2) is 24.9 Å². The summed E-state index contributed by atoms with van der Waals surface area (Å²) >= 11 is 9.56. The highest BCUT2D eigenvalue weighted by Crippen LogP contribution is 2.46. The van der Waals surface area contributed by atoms with E-state index in [4.69, 9.17) is 47.9 Å². The molecule has 60 heavy (non-hydrogen) atoms. The number of ether oxygens (including phenoxy) is 1. The quantitative estimate of drug-likeness (QED) is 0.0547. The van der Waals surface area contributed by atoms with Crippen molar-refractivity contribution in [3.8, 4) is 43.8 Å². The van der Waals surface area contributed by atoms with Crippen LogP contribution in [0.1, 0.15) is 43.9 Å². The molecule has 8 aromatic rings. The summed E-state index contributed by atoms with van der Waals surface area (Å²) in [5, 5.41) is 16.5. The highest BCUT2D eigenvalue weighted by molar-refractivity contribution is 7.94. The molecule has 0 radical (unpaired) electrons. The van der Waals surface area contributed by atoms with E-state index in [0.29, 0.717) is 66.6 Å². The van der Waals surface area contributed by atoms with Crippen LogP contribution in [0.4, 0.5) is 11.4 Å². The maximum Gasteiger partial charge on any atom is 0.232 e. The number of thiazole rings is 2. The second-order valence-electron chi connectivity index (χ2n) is 13.9. The number of hydrogen-bond donors (Lipinski definition) is 3. The van der Waals surface area contributed by atoms with Gasteiger partial charge in [0.15, 0.2) is 0 Å². The van der Waals surface area contributed by atoms with E-state index in [-0.39, 0.29) is 13.2 Å². The number of aromatic nitrogens is 6. The second-order valence-corrected chi connectivity index (χ2v) is 21.5. The Morgan fingerprint density at radius 2 is 1.52 bits per heavy atom. The maximum atomic E-state index is 13.9. The SMILES string of the molecule is CCCC[S+]([O-])c1sc2nc(-c3nc(CCCC[S+]([O-])c4sc5nc(-c6nccs6)cc(-c6ccc(COCCO)cc6)c5c4N)cs3)cc(-c3cnc(Cl)n3C)c2c1N. The summed E-state index contributed by atoms with van der Waals surface area (Å²) in [5.74, 6) is 0.989. The molecule has 0 fully saturated rings. The molecule has 0 spiro atoms. The molecular formula is C41H41ClN8O4S6. The number of nitrogens with two attached hydrogens (primary N) is 2. The Morgan fingerprint density at radius 3 is 2.15 bits per heavy atom. The third-order valence-electron chi connectivity index (χ3n) is 9.84. The molecule has 2 unspecified atom stereocenters. The van der Waals surface area contributed by atoms with E-state index in [1.807, 2.05) is 54.2 Å². The first-order chi connectivity index (χ1) is 29.1. The highest BCUT2D eigenvalue weighted by Gasteiger charge is 2.28. The molecule has 312 valence electrons. The topological polar surface area (TPSA) is 197 Å². The van der Waals surface area contributed by atoms with E-state index in [1.54, 1.807) is 17.0 Å². The lowest BCUT2D eigenvalue weighted by molar-refractivity contribution is 0.0815. The molecule has 5 N–H and O–H groups in total. The molecule has 7 heterocycles. The van der Waals surface area contributed by atoms with Gasteiger partial charge >= 0.3 is 0 Å². The summed E-state index contributed by atoms with van der Waals surface area (Å²) in [4.78, 5) is 25.1. The summed E-state index contributed by atoms with van der Waals surface area (Å²) in [6, 6.07) is 12.0. The third-order valence-corrected chi connectivity index (χ3v) is 17.9. The third kappa shape index (κ3) is 8.96. The van der Waals surface area contributed by atoms with E-state index in [1.165, 1.54) is 45.3 Å². The fourth-order valence-electron chi connectivity index (χ4n) is 6.75. The second kappa shape index (κ2) is 19.2. The first-order valence-electron chi connectivity index (χ1n) is 19.2. The van der Waals surface area contributed by atoms with Crippen LogP contribution < -0.4 is 11.5 Å². The largest absolute Gasteiger partial charge is 0.611 e. The van der Waals surface area contributed by atoms with Crippen molar-refractivity contribution in [2.75, 3.05) is 36.2 Å². The Morgan fingerprint density at radius 1 is 0.850 bits per heavy atom. The summed E-state index contributed by atoms with van der Waals surface area (Å²) in [6.45, 7) is 2.73. The minimum Gasteiger partial charge on any atom is -0.611 e. The number of hydrogen-bond acceptors (Lipinski definition) is 15. The van der Waals surface area contributed by atoms with Gasteiger partial charge in [-0.3, -0.25) is 0 Å². The van der Waals surface area contributed by atoms with Crippen LogP contribution in [-0.2, 0) is 47.2 Å². The van der Waals surface area contributed by atoms with Crippen LogP contribution in [0.3, 0.4) is 0 Å². The molecule has 0 aliphatic carbocycles. The molecule has 1 aromatic carbocycles. The van der Waals surface area contributed by atoms with Crippen molar-refractivity contribution in [3.05, 3.63) is 76.1 Å². The van der Waals surface area contributed by atoms with E-state index >= 15 is 0 Å². The molecule has 0 amide bonds. The fourth-order valence-corrected chi connectivity index (χ4v) is 13.8. The number of pyridine rings is 2. The number of aryl methyl sites for hydroxylation is 1. The van der Waals surface area contributed by atoms with E-state index in [0.717, 1.165) is 84.2 Å². The number of fused-ring (bicyclic) bond motifs is 2. The molecule has 0 bridgehead atoms. The summed E-state index contributed by atoms with van der Waals surface area (Å²) < 4.78 is 35.7. The Bertz CT molecular complexity index is 2730. The van der Waals surface area contributed by atoms with Crippen LogP contribution in [0.25, 0.3) is 64.2 Å². The number of nitrogens with zero attached hydrogens (tertiary/aromatic N) is 6. The van der Waals surface area contributed by atoms with Gasteiger partial charge in [0.05, 0.1) is 37.4 Å². The number of unbranched alkanes of at least 4 members (excludes halogenated alkanes) is 2. The smallest absolute Gasteiger partial charge is 0.232 e. The van der Waals surface area contributed by atoms with Gasteiger partial charge in [0.1, 0.15) is 53.9 Å². The van der Waals surface area contributed by atoms with Crippen molar-refractivity contribution >= 4 is 111 Å². The normalized spacial score (nSPS) is 12.9. The Balaban J connectivity index is 0.989. The van der Waals surface area contributed by atoms with Gasteiger partial charge in [-0.1, -0.05) is 60.3 Å². The number of halogens is 1. The molecule has 0 aliphatic rings. The Kier molecular flexibility index (Phi) is 13.7. The van der Waals surface area contributed by atoms with Crippen molar-refractivity contribution < 1.29 is 18.9 Å². The Hall–Kier alpha value is -3.66. The first kappa shape index (κ1) is 43.0. The van der Waals surface area contributed by atoms with Crippen molar-refractivity contribution in [1.29, 1.82) is 0 Å². The fraction of sp³-hybridized carbons (Fsp3) is 0.293. The number of imidazole rings is 1. The number of thiophene rings is 2. The van der Waals surface area contributed by atoms with Crippen LogP contribution in [0, 0.1) is 0 Å². The monoisotopic (exact) mass is 936 g/mol. The van der Waals surface area contributed by atoms with Crippen molar-refractivity contribution in [2.45, 2.75) is 54.1 Å². The molecule has 0 aliphatic heterocycles. The average Bonchev–Trinajstić information content (AvgIpc) is 4.11. The number of nitrogen functional groups attached to an aromatic ring is 2. The standard InChI is InChI=1S/C41H41ClN8O4S6/c1-3-4-16-59(52)40-34(44)32-27(30-20-46-41(42)50(30)2)19-29(49-38(32)58-40)36-47-25(22-56-36)7-5-6-17-60(53)39-33(43)31-26(24-10-8-23(9-11-24)21-54-14-13-51)18-28(48-37(31)57-39)35-45-12-15-55-35/h8-12,15,18-20,22,51H,3-7,13-14,16-17,21,43-44H2,1-2H3. The number of aliphatic hydroxyl groups excluding tert-OH is 1. The van der Waals surface area contributed by atoms with Crippen molar-refractivity contribution in [2.24, 2.45) is 7.05 Å². The van der Waals surface area contributed by atoms with Gasteiger partial charge in [0.2, 0.25) is 13.7 Å². The predicted octanol–water partition coefficient (Wildman–Crippen LogP) is 9.59. The number of aliphatic hydroxyl groups is 1. The lowest BCUT2D eigenvalue weighted by Gasteiger charge is -2.10. The first-order valence-corrected chi connectivity index (χ1v) is 25.6. The lowest BCUT2D eigenvalue weighted by atomic mass is 10.0. The average molecular weight is 938 g/mol. The van der Waals surface area contributed by atoms with Crippen LogP contribution >= 0.6 is 56.9 Å². The molecule has 0 saturated carbocycles. The van der Waals surface area contributed by atoms with E-state index in [2.05, 4.69) is 16.9 Å².